The van der Waals surface area contributed by atoms with Crippen molar-refractivity contribution in [1.29, 1.82) is 0 Å². The number of nitrogens with one attached hydrogen (secondary N) is 3. The molecule has 1 fully saturated rings. The van der Waals surface area contributed by atoms with Gasteiger partial charge >= 0.3 is 0 Å². The first-order valence-corrected chi connectivity index (χ1v) is 10.3. The first kappa shape index (κ1) is 24.8. The zero-order valence-electron chi connectivity index (χ0n) is 18.2. The number of anilines is 2. The van der Waals surface area contributed by atoms with E-state index in [-0.39, 0.29) is 35.8 Å². The molecule has 0 bridgehead atoms. The highest BCUT2D eigenvalue weighted by Crippen LogP contribution is 2.30. The van der Waals surface area contributed by atoms with E-state index in [1.165, 1.54) is 0 Å². The summed E-state index contributed by atoms with van der Waals surface area (Å²) in [6.07, 6.45) is 3.13. The maximum atomic E-state index is 12.2. The van der Waals surface area contributed by atoms with Crippen LogP contribution in [0.15, 0.2) is 47.5 Å². The molecule has 1 aliphatic rings. The minimum atomic E-state index is 0. The zero-order valence-corrected chi connectivity index (χ0v) is 20.6. The highest BCUT2D eigenvalue weighted by molar-refractivity contribution is 14.0. The average Bonchev–Trinajstić information content (AvgIpc) is 2.71. The lowest BCUT2D eigenvalue weighted by Crippen LogP contribution is -2.30. The van der Waals surface area contributed by atoms with Gasteiger partial charge in [-0.05, 0) is 49.6 Å². The van der Waals surface area contributed by atoms with Crippen LogP contribution in [0.5, 0.6) is 11.5 Å². The molecule has 0 spiro atoms. The van der Waals surface area contributed by atoms with E-state index in [2.05, 4.69) is 20.9 Å². The minimum Gasteiger partial charge on any atom is -0.493 e. The van der Waals surface area contributed by atoms with Crippen LogP contribution in [0.4, 0.5) is 11.4 Å². The second kappa shape index (κ2) is 12.4. The maximum Gasteiger partial charge on any atom is 0.227 e. The van der Waals surface area contributed by atoms with Crippen molar-refractivity contribution in [2.75, 3.05) is 31.4 Å². The third-order valence-electron chi connectivity index (χ3n) is 5.08. The summed E-state index contributed by atoms with van der Waals surface area (Å²) in [6, 6.07) is 13.4. The van der Waals surface area contributed by atoms with E-state index in [0.717, 1.165) is 42.7 Å². The Morgan fingerprint density at radius 2 is 1.77 bits per heavy atom. The lowest BCUT2D eigenvalue weighted by molar-refractivity contribution is -0.122. The van der Waals surface area contributed by atoms with E-state index in [1.54, 1.807) is 14.2 Å². The van der Waals surface area contributed by atoms with Crippen molar-refractivity contribution in [3.8, 4) is 11.5 Å². The molecular weight excluding hydrogens is 507 g/mol. The second-order valence-electron chi connectivity index (χ2n) is 7.21. The Kier molecular flexibility index (Phi) is 9.90. The topological polar surface area (TPSA) is 84.0 Å². The Labute approximate surface area is 201 Å². The predicted octanol–water partition coefficient (Wildman–Crippen LogP) is 4.64. The van der Waals surface area contributed by atoms with Crippen molar-refractivity contribution in [2.45, 2.75) is 32.7 Å². The van der Waals surface area contributed by atoms with Crippen LogP contribution in [-0.2, 0) is 11.3 Å². The van der Waals surface area contributed by atoms with Gasteiger partial charge in [0.15, 0.2) is 17.5 Å². The molecule has 0 unspecified atom stereocenters. The molecule has 0 saturated heterocycles. The number of hydrogen-bond donors (Lipinski definition) is 3. The number of carbonyl (C=O) groups excluding carboxylic acids is 1. The normalized spacial score (nSPS) is 13.5. The summed E-state index contributed by atoms with van der Waals surface area (Å²) in [5.74, 6) is 2.26. The molecule has 168 valence electrons. The number of methoxy groups -OCH3 is 2. The first-order chi connectivity index (χ1) is 14.6. The van der Waals surface area contributed by atoms with Gasteiger partial charge in [-0.1, -0.05) is 18.6 Å². The molecule has 0 heterocycles. The van der Waals surface area contributed by atoms with Crippen molar-refractivity contribution in [1.82, 2.24) is 5.32 Å². The number of rotatable bonds is 8. The highest BCUT2D eigenvalue weighted by atomic mass is 127. The summed E-state index contributed by atoms with van der Waals surface area (Å²) >= 11 is 0. The Bertz CT molecular complexity index is 900. The average molecular weight is 538 g/mol. The number of aliphatic imine (C=N–C) groups is 1. The van der Waals surface area contributed by atoms with Gasteiger partial charge in [-0.25, -0.2) is 4.99 Å². The molecule has 31 heavy (non-hydrogen) atoms. The van der Waals surface area contributed by atoms with E-state index in [0.29, 0.717) is 24.0 Å². The Morgan fingerprint density at radius 1 is 1.03 bits per heavy atom. The molecule has 0 atom stereocenters. The number of amides is 1. The molecule has 1 amide bonds. The third kappa shape index (κ3) is 7.02. The van der Waals surface area contributed by atoms with Crippen LogP contribution in [0.25, 0.3) is 0 Å². The molecule has 0 aliphatic heterocycles. The van der Waals surface area contributed by atoms with Crippen LogP contribution in [0.3, 0.4) is 0 Å². The van der Waals surface area contributed by atoms with Gasteiger partial charge in [0.05, 0.1) is 20.8 Å². The smallest absolute Gasteiger partial charge is 0.227 e. The van der Waals surface area contributed by atoms with Gasteiger partial charge in [0.1, 0.15) is 0 Å². The lowest BCUT2D eigenvalue weighted by Gasteiger charge is -2.24. The summed E-state index contributed by atoms with van der Waals surface area (Å²) in [6.45, 7) is 3.23. The summed E-state index contributed by atoms with van der Waals surface area (Å²) in [4.78, 5) is 16.9. The van der Waals surface area contributed by atoms with Crippen LogP contribution in [-0.4, -0.2) is 32.6 Å². The van der Waals surface area contributed by atoms with E-state index in [9.17, 15) is 4.79 Å². The Morgan fingerprint density at radius 3 is 2.42 bits per heavy atom. The van der Waals surface area contributed by atoms with Crippen LogP contribution in [0.1, 0.15) is 31.7 Å². The van der Waals surface area contributed by atoms with Crippen molar-refractivity contribution >= 4 is 47.2 Å². The number of guanidine groups is 1. The standard InChI is InChI=1S/C23H30N4O3.HI/c1-4-24-23(27-19-11-12-20(29-2)21(14-19)30-3)25-15-16-7-5-10-18(13-16)26-22(28)17-8-6-9-17;/h5,7,10-14,17H,4,6,8-9,15H2,1-3H3,(H,26,28)(H2,24,25,27);1H. The SMILES string of the molecule is CCNC(=NCc1cccc(NC(=O)C2CCC2)c1)Nc1ccc(OC)c(OC)c1.I. The fraction of sp³-hybridized carbons (Fsp3) is 0.391. The molecule has 1 saturated carbocycles. The number of benzene rings is 2. The van der Waals surface area contributed by atoms with Gasteiger partial charge in [-0.3, -0.25) is 4.79 Å². The molecule has 3 rings (SSSR count). The molecule has 0 aromatic heterocycles. The van der Waals surface area contributed by atoms with Gasteiger partial charge < -0.3 is 25.4 Å². The quantitative estimate of drug-likeness (QED) is 0.259. The summed E-state index contributed by atoms with van der Waals surface area (Å²) in [5.41, 5.74) is 2.68. The van der Waals surface area contributed by atoms with Gasteiger partial charge in [0, 0.05) is 29.9 Å². The molecule has 8 heteroatoms. The third-order valence-corrected chi connectivity index (χ3v) is 5.08. The fourth-order valence-electron chi connectivity index (χ4n) is 3.19. The molecular formula is C23H31IN4O3. The molecule has 2 aromatic carbocycles. The monoisotopic (exact) mass is 538 g/mol. The second-order valence-corrected chi connectivity index (χ2v) is 7.21. The number of hydrogen-bond acceptors (Lipinski definition) is 4. The number of nitrogens with zero attached hydrogens (tertiary/aromatic N) is 1. The van der Waals surface area contributed by atoms with Gasteiger partial charge in [-0.2, -0.15) is 0 Å². The fourth-order valence-corrected chi connectivity index (χ4v) is 3.19. The highest BCUT2D eigenvalue weighted by Gasteiger charge is 2.25. The van der Waals surface area contributed by atoms with Crippen molar-refractivity contribution in [3.63, 3.8) is 0 Å². The number of carbonyl (C=O) groups is 1. The molecule has 3 N–H and O–H groups in total. The molecule has 0 radical (unpaired) electrons. The van der Waals surface area contributed by atoms with Crippen molar-refractivity contribution < 1.29 is 14.3 Å². The zero-order chi connectivity index (χ0) is 21.3. The van der Waals surface area contributed by atoms with Gasteiger partial charge in [0.25, 0.3) is 0 Å². The number of ether oxygens (including phenoxy) is 2. The van der Waals surface area contributed by atoms with E-state index < -0.39 is 0 Å². The Hall–Kier alpha value is -2.49. The summed E-state index contributed by atoms with van der Waals surface area (Å²) in [5, 5.41) is 9.54. The van der Waals surface area contributed by atoms with Gasteiger partial charge in [0.2, 0.25) is 5.91 Å². The lowest BCUT2D eigenvalue weighted by atomic mass is 9.85. The first-order valence-electron chi connectivity index (χ1n) is 10.3. The van der Waals surface area contributed by atoms with Crippen LogP contribution in [0, 0.1) is 5.92 Å². The van der Waals surface area contributed by atoms with Crippen molar-refractivity contribution in [2.24, 2.45) is 10.9 Å². The van der Waals surface area contributed by atoms with Crippen molar-refractivity contribution in [3.05, 3.63) is 48.0 Å². The van der Waals surface area contributed by atoms with Gasteiger partial charge in [-0.15, -0.1) is 24.0 Å². The number of halogens is 1. The van der Waals surface area contributed by atoms with Crippen LogP contribution in [0.2, 0.25) is 0 Å². The molecule has 7 nitrogen and oxygen atoms in total. The van der Waals surface area contributed by atoms with E-state index in [4.69, 9.17) is 9.47 Å². The van der Waals surface area contributed by atoms with E-state index >= 15 is 0 Å². The van der Waals surface area contributed by atoms with Crippen LogP contribution >= 0.6 is 24.0 Å². The van der Waals surface area contributed by atoms with Crippen LogP contribution < -0.4 is 25.4 Å². The maximum absolute atomic E-state index is 12.2. The molecule has 2 aromatic rings. The van der Waals surface area contributed by atoms with E-state index in [1.807, 2.05) is 49.4 Å². The minimum absolute atomic E-state index is 0. The molecule has 1 aliphatic carbocycles. The summed E-state index contributed by atoms with van der Waals surface area (Å²) < 4.78 is 10.6. The largest absolute Gasteiger partial charge is 0.493 e. The summed E-state index contributed by atoms with van der Waals surface area (Å²) in [7, 11) is 3.22. The predicted molar refractivity (Wildman–Crippen MR) is 136 cm³/mol. The Balaban J connectivity index is 0.00000341.